The second kappa shape index (κ2) is 9.64. The Labute approximate surface area is 161 Å². The van der Waals surface area contributed by atoms with Gasteiger partial charge in [-0.25, -0.2) is 13.1 Å². The van der Waals surface area contributed by atoms with E-state index in [4.69, 9.17) is 0 Å². The minimum atomic E-state index is -3.58. The molecule has 2 rings (SSSR count). The number of carbonyl (C=O) groups is 1. The summed E-state index contributed by atoms with van der Waals surface area (Å²) in [5.74, 6) is -0.308. The first-order valence-corrected chi connectivity index (χ1v) is 10.5. The molecule has 6 nitrogen and oxygen atoms in total. The smallest absolute Gasteiger partial charge is 0.251 e. The Morgan fingerprint density at radius 3 is 2.33 bits per heavy atom. The highest BCUT2D eigenvalue weighted by Crippen LogP contribution is 2.12. The maximum Gasteiger partial charge on any atom is 0.251 e. The van der Waals surface area contributed by atoms with Crippen LogP contribution in [0.15, 0.2) is 53.4 Å². The number of hydrogen-bond donors (Lipinski definition) is 2. The second-order valence-electron chi connectivity index (χ2n) is 6.20. The predicted molar refractivity (Wildman–Crippen MR) is 107 cm³/mol. The van der Waals surface area contributed by atoms with Gasteiger partial charge in [-0.05, 0) is 49.5 Å². The van der Waals surface area contributed by atoms with Crippen molar-refractivity contribution in [2.45, 2.75) is 31.8 Å². The van der Waals surface area contributed by atoms with Crippen LogP contribution in [-0.4, -0.2) is 39.4 Å². The van der Waals surface area contributed by atoms with Crippen LogP contribution < -0.4 is 10.0 Å². The summed E-state index contributed by atoms with van der Waals surface area (Å²) in [4.78, 5) is 14.8. The molecule has 146 valence electrons. The second-order valence-corrected chi connectivity index (χ2v) is 8.09. The SMILES string of the molecule is CCN(CC)Cc1cccc(CNC(=O)c2cccc(S(=O)(=O)NC)c2)c1. The van der Waals surface area contributed by atoms with Gasteiger partial charge in [-0.1, -0.05) is 44.2 Å². The van der Waals surface area contributed by atoms with Crippen LogP contribution in [0.2, 0.25) is 0 Å². The molecule has 0 aliphatic carbocycles. The van der Waals surface area contributed by atoms with Crippen molar-refractivity contribution < 1.29 is 13.2 Å². The largest absolute Gasteiger partial charge is 0.348 e. The van der Waals surface area contributed by atoms with E-state index in [1.54, 1.807) is 12.1 Å². The lowest BCUT2D eigenvalue weighted by atomic mass is 10.1. The quantitative estimate of drug-likeness (QED) is 0.690. The van der Waals surface area contributed by atoms with Gasteiger partial charge in [-0.3, -0.25) is 9.69 Å². The Morgan fingerprint density at radius 2 is 1.67 bits per heavy atom. The van der Waals surface area contributed by atoms with E-state index >= 15 is 0 Å². The average Bonchev–Trinajstić information content (AvgIpc) is 2.70. The molecule has 2 aromatic rings. The fourth-order valence-electron chi connectivity index (χ4n) is 2.75. The Balaban J connectivity index is 2.05. The highest BCUT2D eigenvalue weighted by Gasteiger charge is 2.14. The van der Waals surface area contributed by atoms with Crippen LogP contribution in [-0.2, 0) is 23.1 Å². The number of nitrogens with one attached hydrogen (secondary N) is 2. The minimum Gasteiger partial charge on any atom is -0.348 e. The molecule has 2 N–H and O–H groups in total. The maximum atomic E-state index is 12.4. The van der Waals surface area contributed by atoms with Crippen molar-refractivity contribution in [3.8, 4) is 0 Å². The van der Waals surface area contributed by atoms with Gasteiger partial charge in [0.15, 0.2) is 0 Å². The molecule has 27 heavy (non-hydrogen) atoms. The van der Waals surface area contributed by atoms with E-state index in [1.165, 1.54) is 24.7 Å². The summed E-state index contributed by atoms with van der Waals surface area (Å²) in [6.45, 7) is 7.51. The first-order chi connectivity index (χ1) is 12.9. The predicted octanol–water partition coefficient (Wildman–Crippen LogP) is 2.37. The van der Waals surface area contributed by atoms with Crippen LogP contribution in [0.3, 0.4) is 0 Å². The van der Waals surface area contributed by atoms with Gasteiger partial charge in [-0.15, -0.1) is 0 Å². The zero-order valence-electron chi connectivity index (χ0n) is 16.0. The van der Waals surface area contributed by atoms with Crippen molar-refractivity contribution in [3.63, 3.8) is 0 Å². The molecule has 0 spiro atoms. The highest BCUT2D eigenvalue weighted by atomic mass is 32.2. The molecule has 0 aromatic heterocycles. The number of sulfonamides is 1. The van der Waals surface area contributed by atoms with E-state index in [0.29, 0.717) is 12.1 Å². The Hall–Kier alpha value is -2.22. The molecule has 0 bridgehead atoms. The zero-order valence-corrected chi connectivity index (χ0v) is 16.8. The summed E-state index contributed by atoms with van der Waals surface area (Å²) in [6, 6.07) is 14.1. The molecule has 0 heterocycles. The Bertz CT molecular complexity index is 878. The lowest BCUT2D eigenvalue weighted by molar-refractivity contribution is 0.0950. The standard InChI is InChI=1S/C20H27N3O3S/c1-4-23(5-2)15-17-9-6-8-16(12-17)14-22-20(24)18-10-7-11-19(13-18)27(25,26)21-3/h6-13,21H,4-5,14-15H2,1-3H3,(H,22,24). The highest BCUT2D eigenvalue weighted by molar-refractivity contribution is 7.89. The molecule has 2 aromatic carbocycles. The molecule has 0 aliphatic rings. The topological polar surface area (TPSA) is 78.5 Å². The fraction of sp³-hybridized carbons (Fsp3) is 0.350. The van der Waals surface area contributed by atoms with Gasteiger partial charge >= 0.3 is 0 Å². The summed E-state index contributed by atoms with van der Waals surface area (Å²) < 4.78 is 26.0. The molecule has 0 saturated heterocycles. The van der Waals surface area contributed by atoms with E-state index in [1.807, 2.05) is 12.1 Å². The van der Waals surface area contributed by atoms with Gasteiger partial charge in [0.05, 0.1) is 4.90 Å². The molecule has 0 aliphatic heterocycles. The van der Waals surface area contributed by atoms with Crippen molar-refractivity contribution in [1.29, 1.82) is 0 Å². The first-order valence-electron chi connectivity index (χ1n) is 9.01. The number of nitrogens with zero attached hydrogens (tertiary/aromatic N) is 1. The monoisotopic (exact) mass is 389 g/mol. The van der Waals surface area contributed by atoms with Crippen LogP contribution in [0.1, 0.15) is 35.3 Å². The van der Waals surface area contributed by atoms with Gasteiger partial charge < -0.3 is 5.32 Å². The number of benzene rings is 2. The van der Waals surface area contributed by atoms with Crippen LogP contribution in [0.25, 0.3) is 0 Å². The summed E-state index contributed by atoms with van der Waals surface area (Å²) in [6.07, 6.45) is 0. The third-order valence-corrected chi connectivity index (χ3v) is 5.83. The van der Waals surface area contributed by atoms with Gasteiger partial charge in [0, 0.05) is 18.7 Å². The molecule has 0 fully saturated rings. The molecular weight excluding hydrogens is 362 g/mol. The number of amides is 1. The van der Waals surface area contributed by atoms with E-state index in [0.717, 1.165) is 25.2 Å². The molecule has 0 atom stereocenters. The third-order valence-electron chi connectivity index (χ3n) is 4.42. The van der Waals surface area contributed by atoms with E-state index in [9.17, 15) is 13.2 Å². The summed E-state index contributed by atoms with van der Waals surface area (Å²) in [5.41, 5.74) is 2.52. The number of hydrogen-bond acceptors (Lipinski definition) is 4. The van der Waals surface area contributed by atoms with Gasteiger partial charge in [-0.2, -0.15) is 0 Å². The minimum absolute atomic E-state index is 0.0684. The maximum absolute atomic E-state index is 12.4. The first kappa shape index (κ1) is 21.1. The van der Waals surface area contributed by atoms with Crippen molar-refractivity contribution in [2.24, 2.45) is 0 Å². The van der Waals surface area contributed by atoms with Crippen LogP contribution in [0.5, 0.6) is 0 Å². The van der Waals surface area contributed by atoms with E-state index < -0.39 is 10.0 Å². The molecule has 0 unspecified atom stereocenters. The Kier molecular flexibility index (Phi) is 7.53. The van der Waals surface area contributed by atoms with Crippen LogP contribution in [0, 0.1) is 0 Å². The Morgan fingerprint density at radius 1 is 1.00 bits per heavy atom. The molecule has 1 amide bonds. The summed E-state index contributed by atoms with van der Waals surface area (Å²) in [7, 11) is -2.24. The van der Waals surface area contributed by atoms with Crippen molar-refractivity contribution in [1.82, 2.24) is 14.9 Å². The van der Waals surface area contributed by atoms with Crippen LogP contribution >= 0.6 is 0 Å². The lowest BCUT2D eigenvalue weighted by Crippen LogP contribution is -2.24. The summed E-state index contributed by atoms with van der Waals surface area (Å²) >= 11 is 0. The van der Waals surface area contributed by atoms with Crippen LogP contribution in [0.4, 0.5) is 0 Å². The fourth-order valence-corrected chi connectivity index (χ4v) is 3.53. The molecule has 7 heteroatoms. The molecule has 0 saturated carbocycles. The summed E-state index contributed by atoms with van der Waals surface area (Å²) in [5, 5.41) is 2.85. The number of rotatable bonds is 9. The number of carbonyl (C=O) groups excluding carboxylic acids is 1. The van der Waals surface area contributed by atoms with Crippen molar-refractivity contribution in [2.75, 3.05) is 20.1 Å². The lowest BCUT2D eigenvalue weighted by Gasteiger charge is -2.18. The van der Waals surface area contributed by atoms with Gasteiger partial charge in [0.25, 0.3) is 5.91 Å². The van der Waals surface area contributed by atoms with Gasteiger partial charge in [0.1, 0.15) is 0 Å². The van der Waals surface area contributed by atoms with Crippen molar-refractivity contribution in [3.05, 3.63) is 65.2 Å². The van der Waals surface area contributed by atoms with E-state index in [2.05, 4.69) is 40.9 Å². The third kappa shape index (κ3) is 5.89. The van der Waals surface area contributed by atoms with Gasteiger partial charge in [0.2, 0.25) is 10.0 Å². The molecular formula is C20H27N3O3S. The molecule has 0 radical (unpaired) electrons. The van der Waals surface area contributed by atoms with E-state index in [-0.39, 0.29) is 10.8 Å². The zero-order chi connectivity index (χ0) is 19.9. The normalized spacial score (nSPS) is 11.6. The average molecular weight is 390 g/mol. The van der Waals surface area contributed by atoms with Crippen molar-refractivity contribution >= 4 is 15.9 Å².